The largest absolute Gasteiger partial charge is 0.379 e. The zero-order chi connectivity index (χ0) is 9.56. The molecule has 0 amide bonds. The Bertz CT molecular complexity index is 105. The lowest BCUT2D eigenvalue weighted by atomic mass is 10.4. The first-order valence-electron chi connectivity index (χ1n) is 4.55. The summed E-state index contributed by atoms with van der Waals surface area (Å²) < 4.78 is 10.7. The van der Waals surface area contributed by atoms with E-state index in [1.165, 1.54) is 0 Å². The Hall–Kier alpha value is -0.120. The van der Waals surface area contributed by atoms with Gasteiger partial charge in [0, 0.05) is 6.42 Å². The predicted octanol–water partition coefficient (Wildman–Crippen LogP) is 1.51. The van der Waals surface area contributed by atoms with Gasteiger partial charge in [0.25, 0.3) is 0 Å². The zero-order valence-electron chi connectivity index (χ0n) is 8.54. The third-order valence-electron chi connectivity index (χ3n) is 1.30. The van der Waals surface area contributed by atoms with E-state index >= 15 is 0 Å². The molecule has 0 bridgehead atoms. The van der Waals surface area contributed by atoms with Crippen molar-refractivity contribution >= 4 is 0 Å². The molecule has 1 unspecified atom stereocenters. The SMILES string of the molecule is CC(C)OCCC(N)OC(C)C. The average molecular weight is 175 g/mol. The Kier molecular flexibility index (Phi) is 6.34. The Balaban J connectivity index is 3.25. The summed E-state index contributed by atoms with van der Waals surface area (Å²) in [7, 11) is 0. The normalized spacial score (nSPS) is 14.2. The van der Waals surface area contributed by atoms with Crippen LogP contribution in [0.5, 0.6) is 0 Å². The molecule has 0 rings (SSSR count). The number of hydrogen-bond acceptors (Lipinski definition) is 3. The number of rotatable bonds is 6. The summed E-state index contributed by atoms with van der Waals surface area (Å²) in [6.45, 7) is 8.64. The topological polar surface area (TPSA) is 44.5 Å². The van der Waals surface area contributed by atoms with Crippen LogP contribution in [0.2, 0.25) is 0 Å². The highest BCUT2D eigenvalue weighted by molar-refractivity contribution is 4.50. The molecule has 0 aliphatic rings. The van der Waals surface area contributed by atoms with Gasteiger partial charge in [-0.05, 0) is 27.7 Å². The van der Waals surface area contributed by atoms with Crippen LogP contribution in [-0.4, -0.2) is 25.0 Å². The van der Waals surface area contributed by atoms with E-state index in [0.29, 0.717) is 6.61 Å². The molecule has 0 aromatic heterocycles. The molecule has 12 heavy (non-hydrogen) atoms. The van der Waals surface area contributed by atoms with E-state index < -0.39 is 0 Å². The molecule has 0 heterocycles. The molecule has 74 valence electrons. The minimum absolute atomic E-state index is 0.191. The zero-order valence-corrected chi connectivity index (χ0v) is 8.54. The van der Waals surface area contributed by atoms with Crippen LogP contribution >= 0.6 is 0 Å². The third-order valence-corrected chi connectivity index (χ3v) is 1.30. The van der Waals surface area contributed by atoms with Crippen LogP contribution in [0, 0.1) is 0 Å². The maximum Gasteiger partial charge on any atom is 0.108 e. The van der Waals surface area contributed by atoms with Gasteiger partial charge in [-0.25, -0.2) is 0 Å². The van der Waals surface area contributed by atoms with Crippen molar-refractivity contribution in [3.8, 4) is 0 Å². The van der Waals surface area contributed by atoms with Crippen molar-refractivity contribution in [2.75, 3.05) is 6.61 Å². The average Bonchev–Trinajstić information content (AvgIpc) is 1.84. The van der Waals surface area contributed by atoms with Crippen molar-refractivity contribution in [2.45, 2.75) is 52.6 Å². The van der Waals surface area contributed by atoms with Gasteiger partial charge in [-0.1, -0.05) is 0 Å². The molecule has 0 saturated carbocycles. The Morgan fingerprint density at radius 2 is 1.67 bits per heavy atom. The van der Waals surface area contributed by atoms with Crippen LogP contribution in [0.15, 0.2) is 0 Å². The van der Waals surface area contributed by atoms with Gasteiger partial charge in [-0.2, -0.15) is 0 Å². The second-order valence-electron chi connectivity index (χ2n) is 3.43. The van der Waals surface area contributed by atoms with Gasteiger partial charge in [0.2, 0.25) is 0 Å². The molecule has 2 N–H and O–H groups in total. The second kappa shape index (κ2) is 6.40. The highest BCUT2D eigenvalue weighted by atomic mass is 16.5. The van der Waals surface area contributed by atoms with Gasteiger partial charge in [-0.3, -0.25) is 0 Å². The molecular formula is C9H21NO2. The van der Waals surface area contributed by atoms with Gasteiger partial charge in [0.1, 0.15) is 6.23 Å². The van der Waals surface area contributed by atoms with Gasteiger partial charge >= 0.3 is 0 Å². The first-order chi connectivity index (χ1) is 5.52. The lowest BCUT2D eigenvalue weighted by Gasteiger charge is -2.16. The molecule has 0 aromatic rings. The fourth-order valence-corrected chi connectivity index (χ4v) is 0.838. The fraction of sp³-hybridized carbons (Fsp3) is 1.00. The summed E-state index contributed by atoms with van der Waals surface area (Å²) in [6.07, 6.45) is 1.04. The Morgan fingerprint density at radius 3 is 2.08 bits per heavy atom. The smallest absolute Gasteiger partial charge is 0.108 e. The van der Waals surface area contributed by atoms with Crippen LogP contribution in [-0.2, 0) is 9.47 Å². The summed E-state index contributed by atoms with van der Waals surface area (Å²) >= 11 is 0. The summed E-state index contributed by atoms with van der Waals surface area (Å²) in [4.78, 5) is 0. The molecule has 3 heteroatoms. The third kappa shape index (κ3) is 7.98. The quantitative estimate of drug-likeness (QED) is 0.622. The van der Waals surface area contributed by atoms with Gasteiger partial charge in [0.15, 0.2) is 0 Å². The second-order valence-corrected chi connectivity index (χ2v) is 3.43. The minimum atomic E-state index is -0.191. The summed E-state index contributed by atoms with van der Waals surface area (Å²) in [5.74, 6) is 0. The number of hydrogen-bond donors (Lipinski definition) is 1. The highest BCUT2D eigenvalue weighted by Crippen LogP contribution is 1.98. The number of ether oxygens (including phenoxy) is 2. The van der Waals surface area contributed by atoms with Crippen molar-refractivity contribution < 1.29 is 9.47 Å². The summed E-state index contributed by atoms with van der Waals surface area (Å²) in [6, 6.07) is 0. The van der Waals surface area contributed by atoms with Crippen LogP contribution in [0.3, 0.4) is 0 Å². The summed E-state index contributed by atoms with van der Waals surface area (Å²) in [5, 5.41) is 0. The molecular weight excluding hydrogens is 154 g/mol. The van der Waals surface area contributed by atoms with E-state index in [1.54, 1.807) is 0 Å². The first kappa shape index (κ1) is 11.9. The van der Waals surface area contributed by atoms with Gasteiger partial charge < -0.3 is 15.2 Å². The fourth-order valence-electron chi connectivity index (χ4n) is 0.838. The van der Waals surface area contributed by atoms with Gasteiger partial charge in [-0.15, -0.1) is 0 Å². The van der Waals surface area contributed by atoms with E-state index in [-0.39, 0.29) is 18.4 Å². The van der Waals surface area contributed by atoms with Crippen LogP contribution in [0.1, 0.15) is 34.1 Å². The molecule has 0 saturated heterocycles. The minimum Gasteiger partial charge on any atom is -0.379 e. The van der Waals surface area contributed by atoms with Crippen LogP contribution in [0.25, 0.3) is 0 Å². The van der Waals surface area contributed by atoms with E-state index in [9.17, 15) is 0 Å². The molecule has 1 atom stereocenters. The maximum absolute atomic E-state index is 5.66. The van der Waals surface area contributed by atoms with Crippen molar-refractivity contribution in [1.82, 2.24) is 0 Å². The van der Waals surface area contributed by atoms with Crippen molar-refractivity contribution in [1.29, 1.82) is 0 Å². The van der Waals surface area contributed by atoms with Crippen LogP contribution < -0.4 is 5.73 Å². The molecule has 3 nitrogen and oxygen atoms in total. The Labute approximate surface area is 75.2 Å². The van der Waals surface area contributed by atoms with E-state index in [1.807, 2.05) is 27.7 Å². The molecule has 0 fully saturated rings. The van der Waals surface area contributed by atoms with E-state index in [0.717, 1.165) is 6.42 Å². The van der Waals surface area contributed by atoms with Crippen molar-refractivity contribution in [3.05, 3.63) is 0 Å². The number of nitrogens with two attached hydrogens (primary N) is 1. The van der Waals surface area contributed by atoms with Crippen molar-refractivity contribution in [2.24, 2.45) is 5.73 Å². The van der Waals surface area contributed by atoms with E-state index in [2.05, 4.69) is 0 Å². The monoisotopic (exact) mass is 175 g/mol. The Morgan fingerprint density at radius 1 is 1.08 bits per heavy atom. The molecule has 0 aliphatic carbocycles. The maximum atomic E-state index is 5.66. The standard InChI is InChI=1S/C9H21NO2/c1-7(2)11-6-5-9(10)12-8(3)4/h7-9H,5-6,10H2,1-4H3. The molecule has 0 aliphatic heterocycles. The van der Waals surface area contributed by atoms with E-state index in [4.69, 9.17) is 15.2 Å². The first-order valence-corrected chi connectivity index (χ1v) is 4.55. The lowest BCUT2D eigenvalue weighted by Crippen LogP contribution is -2.28. The van der Waals surface area contributed by atoms with Crippen molar-refractivity contribution in [3.63, 3.8) is 0 Å². The molecule has 0 aromatic carbocycles. The highest BCUT2D eigenvalue weighted by Gasteiger charge is 2.04. The summed E-state index contributed by atoms with van der Waals surface area (Å²) in [5.41, 5.74) is 5.66. The lowest BCUT2D eigenvalue weighted by molar-refractivity contribution is -0.0176. The van der Waals surface area contributed by atoms with Crippen LogP contribution in [0.4, 0.5) is 0 Å². The van der Waals surface area contributed by atoms with Gasteiger partial charge in [0.05, 0.1) is 18.8 Å². The predicted molar refractivity (Wildman–Crippen MR) is 49.9 cm³/mol. The molecule has 0 spiro atoms. The molecule has 0 radical (unpaired) electrons.